The molecular formula is C18H13F3O. The molecule has 1 nitrogen and oxygen atoms in total. The van der Waals surface area contributed by atoms with Crippen molar-refractivity contribution in [2.45, 2.75) is 13.1 Å². The van der Waals surface area contributed by atoms with Gasteiger partial charge in [-0.2, -0.15) is 13.2 Å². The van der Waals surface area contributed by atoms with E-state index in [9.17, 15) is 18.3 Å². The second-order valence-corrected chi connectivity index (χ2v) is 5.21. The van der Waals surface area contributed by atoms with E-state index >= 15 is 0 Å². The van der Waals surface area contributed by atoms with Crippen molar-refractivity contribution >= 4 is 10.8 Å². The second-order valence-electron chi connectivity index (χ2n) is 5.21. The molecule has 3 rings (SSSR count). The summed E-state index contributed by atoms with van der Waals surface area (Å²) in [6.45, 7) is 1.91. The topological polar surface area (TPSA) is 20.2 Å². The Morgan fingerprint density at radius 2 is 1.45 bits per heavy atom. The highest BCUT2D eigenvalue weighted by atomic mass is 19.4. The molecule has 0 aliphatic heterocycles. The van der Waals surface area contributed by atoms with Crippen molar-refractivity contribution in [1.82, 2.24) is 0 Å². The Hall–Kier alpha value is -2.49. The summed E-state index contributed by atoms with van der Waals surface area (Å²) < 4.78 is 37.9. The van der Waals surface area contributed by atoms with Crippen molar-refractivity contribution in [1.29, 1.82) is 0 Å². The van der Waals surface area contributed by atoms with Crippen LogP contribution in [0.5, 0.6) is 5.75 Å². The molecule has 3 aromatic rings. The van der Waals surface area contributed by atoms with Crippen molar-refractivity contribution in [3.8, 4) is 16.9 Å². The largest absolute Gasteiger partial charge is 0.507 e. The van der Waals surface area contributed by atoms with Gasteiger partial charge in [-0.15, -0.1) is 0 Å². The summed E-state index contributed by atoms with van der Waals surface area (Å²) >= 11 is 0. The van der Waals surface area contributed by atoms with E-state index < -0.39 is 11.7 Å². The summed E-state index contributed by atoms with van der Waals surface area (Å²) in [7, 11) is 0. The predicted molar refractivity (Wildman–Crippen MR) is 80.8 cm³/mol. The standard InChI is InChI=1S/C18H13F3O/c1-11-10-16(17(22)15-5-3-2-4-14(11)15)12-6-8-13(9-7-12)18(19,20)21/h2-10,22H,1H3. The highest BCUT2D eigenvalue weighted by molar-refractivity contribution is 5.96. The number of phenolic OH excluding ortho intramolecular Hbond substituents is 1. The van der Waals surface area contributed by atoms with Crippen molar-refractivity contribution in [3.63, 3.8) is 0 Å². The number of aryl methyl sites for hydroxylation is 1. The Labute approximate surface area is 125 Å². The lowest BCUT2D eigenvalue weighted by molar-refractivity contribution is -0.137. The molecule has 1 N–H and O–H groups in total. The van der Waals surface area contributed by atoms with Gasteiger partial charge in [0.25, 0.3) is 0 Å². The van der Waals surface area contributed by atoms with Crippen LogP contribution >= 0.6 is 0 Å². The molecular weight excluding hydrogens is 289 g/mol. The lowest BCUT2D eigenvalue weighted by Crippen LogP contribution is -2.04. The molecule has 0 fully saturated rings. The first kappa shape index (κ1) is 14.4. The SMILES string of the molecule is Cc1cc(-c2ccc(C(F)(F)F)cc2)c(O)c2ccccc12. The lowest BCUT2D eigenvalue weighted by atomic mass is 9.95. The molecule has 0 aliphatic carbocycles. The third-order valence-corrected chi connectivity index (χ3v) is 3.75. The van der Waals surface area contributed by atoms with Crippen molar-refractivity contribution in [2.75, 3.05) is 0 Å². The number of fused-ring (bicyclic) bond motifs is 1. The minimum Gasteiger partial charge on any atom is -0.507 e. The molecule has 22 heavy (non-hydrogen) atoms. The van der Waals surface area contributed by atoms with E-state index in [1.54, 1.807) is 12.1 Å². The zero-order valence-electron chi connectivity index (χ0n) is 11.8. The molecule has 0 saturated carbocycles. The van der Waals surface area contributed by atoms with E-state index in [-0.39, 0.29) is 5.75 Å². The normalized spacial score (nSPS) is 11.8. The van der Waals surface area contributed by atoms with E-state index in [1.807, 2.05) is 25.1 Å². The van der Waals surface area contributed by atoms with Gasteiger partial charge < -0.3 is 5.11 Å². The van der Waals surface area contributed by atoms with Gasteiger partial charge in [0.2, 0.25) is 0 Å². The van der Waals surface area contributed by atoms with Crippen LogP contribution in [0.15, 0.2) is 54.6 Å². The number of phenols is 1. The number of aromatic hydroxyl groups is 1. The van der Waals surface area contributed by atoms with Crippen LogP contribution in [0.1, 0.15) is 11.1 Å². The quantitative estimate of drug-likeness (QED) is 0.625. The van der Waals surface area contributed by atoms with Gasteiger partial charge in [0.15, 0.2) is 0 Å². The maximum Gasteiger partial charge on any atom is 0.416 e. The monoisotopic (exact) mass is 302 g/mol. The summed E-state index contributed by atoms with van der Waals surface area (Å²) in [5, 5.41) is 12.1. The molecule has 0 amide bonds. The van der Waals surface area contributed by atoms with E-state index in [2.05, 4.69) is 0 Å². The average Bonchev–Trinajstić information content (AvgIpc) is 2.50. The first-order valence-corrected chi connectivity index (χ1v) is 6.77. The molecule has 0 saturated heterocycles. The van der Waals surface area contributed by atoms with Crippen LogP contribution in [0.25, 0.3) is 21.9 Å². The summed E-state index contributed by atoms with van der Waals surface area (Å²) in [5.74, 6) is 0.0842. The Morgan fingerprint density at radius 3 is 2.05 bits per heavy atom. The third kappa shape index (κ3) is 2.41. The Morgan fingerprint density at radius 1 is 0.864 bits per heavy atom. The zero-order valence-corrected chi connectivity index (χ0v) is 11.8. The predicted octanol–water partition coefficient (Wildman–Crippen LogP) is 5.54. The molecule has 0 aliphatic rings. The maximum atomic E-state index is 12.6. The number of benzene rings is 3. The van der Waals surface area contributed by atoms with E-state index in [4.69, 9.17) is 0 Å². The van der Waals surface area contributed by atoms with Crippen LogP contribution in [0, 0.1) is 6.92 Å². The smallest absolute Gasteiger partial charge is 0.416 e. The van der Waals surface area contributed by atoms with Crippen molar-refractivity contribution in [3.05, 3.63) is 65.7 Å². The van der Waals surface area contributed by atoms with Crippen molar-refractivity contribution < 1.29 is 18.3 Å². The summed E-state index contributed by atoms with van der Waals surface area (Å²) in [6, 6.07) is 14.0. The Bertz CT molecular complexity index is 833. The van der Waals surface area contributed by atoms with Gasteiger partial charge >= 0.3 is 6.18 Å². The molecule has 3 aromatic carbocycles. The van der Waals surface area contributed by atoms with Gasteiger partial charge in [0.1, 0.15) is 5.75 Å². The van der Waals surface area contributed by atoms with Crippen molar-refractivity contribution in [2.24, 2.45) is 0 Å². The van der Waals surface area contributed by atoms with Gasteiger partial charge in [-0.3, -0.25) is 0 Å². The number of hydrogen-bond donors (Lipinski definition) is 1. The van der Waals surface area contributed by atoms with Crippen LogP contribution in [0.4, 0.5) is 13.2 Å². The lowest BCUT2D eigenvalue weighted by Gasteiger charge is -2.12. The summed E-state index contributed by atoms with van der Waals surface area (Å²) in [5.41, 5.74) is 1.35. The van der Waals surface area contributed by atoms with E-state index in [0.717, 1.165) is 23.1 Å². The molecule has 0 spiro atoms. The number of alkyl halides is 3. The Kier molecular flexibility index (Phi) is 3.32. The second kappa shape index (κ2) is 5.05. The van der Waals surface area contributed by atoms with Crippen LogP contribution in [0.2, 0.25) is 0 Å². The summed E-state index contributed by atoms with van der Waals surface area (Å²) in [4.78, 5) is 0. The molecule has 0 aromatic heterocycles. The fourth-order valence-electron chi connectivity index (χ4n) is 2.60. The molecule has 0 atom stereocenters. The van der Waals surface area contributed by atoms with E-state index in [0.29, 0.717) is 16.5 Å². The number of halogens is 3. The van der Waals surface area contributed by atoms with E-state index in [1.165, 1.54) is 12.1 Å². The van der Waals surface area contributed by atoms with Gasteiger partial charge in [-0.25, -0.2) is 0 Å². The maximum absolute atomic E-state index is 12.6. The number of hydrogen-bond acceptors (Lipinski definition) is 1. The fourth-order valence-corrected chi connectivity index (χ4v) is 2.60. The minimum atomic E-state index is -4.36. The van der Waals surface area contributed by atoms with Gasteiger partial charge in [0.05, 0.1) is 5.56 Å². The Balaban J connectivity index is 2.16. The fraction of sp³-hybridized carbons (Fsp3) is 0.111. The summed E-state index contributed by atoms with van der Waals surface area (Å²) in [6.07, 6.45) is -4.36. The van der Waals surface area contributed by atoms with Gasteiger partial charge in [0, 0.05) is 10.9 Å². The molecule has 0 radical (unpaired) electrons. The molecule has 0 bridgehead atoms. The molecule has 0 unspecified atom stereocenters. The first-order chi connectivity index (χ1) is 10.4. The van der Waals surface area contributed by atoms with Crippen LogP contribution in [-0.2, 0) is 6.18 Å². The third-order valence-electron chi connectivity index (χ3n) is 3.75. The van der Waals surface area contributed by atoms with Gasteiger partial charge in [-0.1, -0.05) is 36.4 Å². The highest BCUT2D eigenvalue weighted by Gasteiger charge is 2.30. The highest BCUT2D eigenvalue weighted by Crippen LogP contribution is 2.38. The minimum absolute atomic E-state index is 0.0842. The molecule has 4 heteroatoms. The molecule has 0 heterocycles. The molecule has 112 valence electrons. The number of rotatable bonds is 1. The average molecular weight is 302 g/mol. The van der Waals surface area contributed by atoms with Crippen LogP contribution in [0.3, 0.4) is 0 Å². The van der Waals surface area contributed by atoms with Crippen LogP contribution in [-0.4, -0.2) is 5.11 Å². The zero-order chi connectivity index (χ0) is 15.9. The van der Waals surface area contributed by atoms with Crippen LogP contribution < -0.4 is 0 Å². The van der Waals surface area contributed by atoms with Gasteiger partial charge in [-0.05, 0) is 41.6 Å². The first-order valence-electron chi connectivity index (χ1n) is 6.77.